The van der Waals surface area contributed by atoms with Crippen LogP contribution in [-0.2, 0) is 4.74 Å². The number of hydrogen-bond donors (Lipinski definition) is 1. The Morgan fingerprint density at radius 1 is 1.09 bits per heavy atom. The molecule has 2 aliphatic carbocycles. The molecule has 1 heterocycles. The van der Waals surface area contributed by atoms with Crippen LogP contribution in [0.4, 0.5) is 4.79 Å². The lowest BCUT2D eigenvalue weighted by molar-refractivity contribution is 0.0206. The van der Waals surface area contributed by atoms with Crippen LogP contribution in [0.15, 0.2) is 0 Å². The van der Waals surface area contributed by atoms with Crippen LogP contribution in [0.25, 0.3) is 0 Å². The van der Waals surface area contributed by atoms with Crippen molar-refractivity contribution < 1.29 is 9.53 Å². The second-order valence-corrected chi connectivity index (χ2v) is 7.91. The van der Waals surface area contributed by atoms with Gasteiger partial charge in [0.1, 0.15) is 5.60 Å². The predicted molar refractivity (Wildman–Crippen MR) is 86.9 cm³/mol. The number of rotatable bonds is 4. The normalized spacial score (nSPS) is 31.2. The summed E-state index contributed by atoms with van der Waals surface area (Å²) < 4.78 is 5.65. The molecule has 1 aliphatic heterocycles. The van der Waals surface area contributed by atoms with Gasteiger partial charge in [0.2, 0.25) is 0 Å². The first-order valence-corrected chi connectivity index (χ1v) is 8.86. The number of nitrogens with zero attached hydrogens (tertiary/aromatic N) is 2. The fourth-order valence-corrected chi connectivity index (χ4v) is 3.90. The Bertz CT molecular complexity index is 401. The third-order valence-electron chi connectivity index (χ3n) is 5.70. The van der Waals surface area contributed by atoms with E-state index in [1.807, 2.05) is 13.8 Å². The zero-order chi connectivity index (χ0) is 15.7. The van der Waals surface area contributed by atoms with Crippen LogP contribution >= 0.6 is 0 Å². The molecule has 0 spiro atoms. The smallest absolute Gasteiger partial charge is 0.407 e. The molecule has 3 aliphatic rings. The predicted octanol–water partition coefficient (Wildman–Crippen LogP) is 2.07. The van der Waals surface area contributed by atoms with Gasteiger partial charge in [0.15, 0.2) is 0 Å². The monoisotopic (exact) mass is 309 g/mol. The van der Waals surface area contributed by atoms with Crippen molar-refractivity contribution in [1.29, 1.82) is 0 Å². The number of carbonyl (C=O) groups is 1. The molecule has 2 atom stereocenters. The summed E-state index contributed by atoms with van der Waals surface area (Å²) >= 11 is 0. The Hall–Kier alpha value is -0.810. The fraction of sp³-hybridized carbons (Fsp3) is 0.941. The van der Waals surface area contributed by atoms with Crippen LogP contribution in [0.5, 0.6) is 0 Å². The van der Waals surface area contributed by atoms with Gasteiger partial charge in [0.05, 0.1) is 0 Å². The molecule has 126 valence electrons. The zero-order valence-corrected chi connectivity index (χ0v) is 14.3. The highest BCUT2D eigenvalue weighted by Crippen LogP contribution is 2.41. The van der Waals surface area contributed by atoms with E-state index in [2.05, 4.69) is 22.2 Å². The summed E-state index contributed by atoms with van der Waals surface area (Å²) in [7, 11) is 2.19. The summed E-state index contributed by atoms with van der Waals surface area (Å²) in [6, 6.07) is 0.919. The van der Waals surface area contributed by atoms with Gasteiger partial charge in [-0.2, -0.15) is 0 Å². The van der Waals surface area contributed by atoms with Crippen LogP contribution in [0.2, 0.25) is 0 Å². The van der Waals surface area contributed by atoms with Crippen LogP contribution in [-0.4, -0.2) is 66.8 Å². The Labute approximate surface area is 134 Å². The second kappa shape index (κ2) is 6.36. The molecule has 2 saturated carbocycles. The molecule has 3 rings (SSSR count). The van der Waals surface area contributed by atoms with Crippen molar-refractivity contribution in [3.63, 3.8) is 0 Å². The van der Waals surface area contributed by atoms with Gasteiger partial charge < -0.3 is 15.0 Å². The van der Waals surface area contributed by atoms with Crippen molar-refractivity contribution in [2.24, 2.45) is 5.92 Å². The van der Waals surface area contributed by atoms with Crippen molar-refractivity contribution in [2.75, 3.05) is 33.2 Å². The first-order valence-electron chi connectivity index (χ1n) is 8.86. The maximum Gasteiger partial charge on any atom is 0.407 e. The molecule has 1 saturated heterocycles. The largest absolute Gasteiger partial charge is 0.443 e. The molecule has 0 bridgehead atoms. The molecular formula is C17H31N3O2. The summed E-state index contributed by atoms with van der Waals surface area (Å²) in [5.41, 5.74) is -0.306. The summed E-state index contributed by atoms with van der Waals surface area (Å²) in [4.78, 5) is 17.1. The van der Waals surface area contributed by atoms with Gasteiger partial charge in [0.25, 0.3) is 0 Å². The number of carbonyl (C=O) groups excluding carboxylic acids is 1. The van der Waals surface area contributed by atoms with Crippen LogP contribution in [0.3, 0.4) is 0 Å². The van der Waals surface area contributed by atoms with Gasteiger partial charge in [0, 0.05) is 38.3 Å². The van der Waals surface area contributed by atoms with Crippen molar-refractivity contribution >= 4 is 6.09 Å². The topological polar surface area (TPSA) is 44.8 Å². The van der Waals surface area contributed by atoms with Gasteiger partial charge in [-0.15, -0.1) is 0 Å². The van der Waals surface area contributed by atoms with Crippen molar-refractivity contribution in [3.05, 3.63) is 0 Å². The molecule has 0 radical (unpaired) electrons. The summed E-state index contributed by atoms with van der Waals surface area (Å²) in [6.45, 7) is 8.70. The molecule has 3 fully saturated rings. The Kier molecular flexibility index (Phi) is 4.64. The fourth-order valence-electron chi connectivity index (χ4n) is 3.90. The highest BCUT2D eigenvalue weighted by atomic mass is 16.6. The Morgan fingerprint density at radius 3 is 2.41 bits per heavy atom. The van der Waals surface area contributed by atoms with Gasteiger partial charge in [-0.1, -0.05) is 0 Å². The Balaban J connectivity index is 1.41. The molecule has 0 aromatic heterocycles. The quantitative estimate of drug-likeness (QED) is 0.863. The minimum absolute atomic E-state index is 0.221. The lowest BCUT2D eigenvalue weighted by Crippen LogP contribution is -2.48. The molecule has 0 aromatic rings. The molecule has 0 aromatic carbocycles. The lowest BCUT2D eigenvalue weighted by atomic mass is 10.0. The second-order valence-electron chi connectivity index (χ2n) is 7.91. The van der Waals surface area contributed by atoms with E-state index in [4.69, 9.17) is 4.74 Å². The van der Waals surface area contributed by atoms with Gasteiger partial charge in [-0.05, 0) is 58.9 Å². The molecule has 2 unspecified atom stereocenters. The third kappa shape index (κ3) is 3.93. The molecule has 5 heteroatoms. The highest BCUT2D eigenvalue weighted by molar-refractivity contribution is 5.68. The number of likely N-dealkylation sites (N-methyl/N-ethyl adjacent to an activating group) is 1. The van der Waals surface area contributed by atoms with Crippen molar-refractivity contribution in [3.8, 4) is 0 Å². The van der Waals surface area contributed by atoms with E-state index < -0.39 is 0 Å². The molecular weight excluding hydrogens is 278 g/mol. The minimum Gasteiger partial charge on any atom is -0.443 e. The standard InChI is InChI=1S/C17H31N3O2/c1-17(2,13-4-5-13)22-16(21)18-14-6-7-15(12-14)20-10-8-19(3)9-11-20/h13-15H,4-12H2,1-3H3,(H,18,21). The number of alkyl carbamates (subject to hydrolysis) is 1. The molecule has 5 nitrogen and oxygen atoms in total. The van der Waals surface area contributed by atoms with E-state index in [1.165, 1.54) is 19.3 Å². The summed E-state index contributed by atoms with van der Waals surface area (Å²) in [6.07, 6.45) is 5.50. The van der Waals surface area contributed by atoms with E-state index in [-0.39, 0.29) is 17.7 Å². The van der Waals surface area contributed by atoms with Crippen LogP contribution < -0.4 is 5.32 Å². The van der Waals surface area contributed by atoms with E-state index in [0.717, 1.165) is 39.0 Å². The maximum absolute atomic E-state index is 12.1. The number of piperazine rings is 1. The van der Waals surface area contributed by atoms with Crippen molar-refractivity contribution in [1.82, 2.24) is 15.1 Å². The number of amides is 1. The summed E-state index contributed by atoms with van der Waals surface area (Å²) in [5, 5.41) is 3.10. The minimum atomic E-state index is -0.306. The molecule has 1 amide bonds. The van der Waals surface area contributed by atoms with E-state index in [9.17, 15) is 4.79 Å². The average Bonchev–Trinajstić information content (AvgIpc) is 3.22. The molecule has 1 N–H and O–H groups in total. The summed E-state index contributed by atoms with van der Waals surface area (Å²) in [5.74, 6) is 0.555. The first-order chi connectivity index (χ1) is 10.4. The number of nitrogens with one attached hydrogen (secondary N) is 1. The SMILES string of the molecule is CN1CCN(C2CCC(NC(=O)OC(C)(C)C3CC3)C2)CC1. The van der Waals surface area contributed by atoms with Gasteiger partial charge >= 0.3 is 6.09 Å². The average molecular weight is 309 g/mol. The van der Waals surface area contributed by atoms with E-state index in [1.54, 1.807) is 0 Å². The van der Waals surface area contributed by atoms with Crippen LogP contribution in [0.1, 0.15) is 46.0 Å². The third-order valence-corrected chi connectivity index (χ3v) is 5.70. The highest BCUT2D eigenvalue weighted by Gasteiger charge is 2.41. The van der Waals surface area contributed by atoms with Crippen LogP contribution in [0, 0.1) is 5.92 Å². The number of ether oxygens (including phenoxy) is 1. The lowest BCUT2D eigenvalue weighted by Gasteiger charge is -2.36. The Morgan fingerprint density at radius 2 is 1.77 bits per heavy atom. The number of hydrogen-bond acceptors (Lipinski definition) is 4. The zero-order valence-electron chi connectivity index (χ0n) is 14.3. The first kappa shape index (κ1) is 16.1. The van der Waals surface area contributed by atoms with E-state index in [0.29, 0.717) is 12.0 Å². The van der Waals surface area contributed by atoms with Crippen molar-refractivity contribution in [2.45, 2.75) is 63.6 Å². The van der Waals surface area contributed by atoms with E-state index >= 15 is 0 Å². The maximum atomic E-state index is 12.1. The molecule has 22 heavy (non-hydrogen) atoms. The van der Waals surface area contributed by atoms with Gasteiger partial charge in [-0.25, -0.2) is 4.79 Å². The van der Waals surface area contributed by atoms with Gasteiger partial charge in [-0.3, -0.25) is 4.90 Å².